The Morgan fingerprint density at radius 3 is 2.50 bits per heavy atom. The zero-order valence-corrected chi connectivity index (χ0v) is 18.7. The summed E-state index contributed by atoms with van der Waals surface area (Å²) in [5.74, 6) is 1.69. The molecule has 1 N–H and O–H groups in total. The Balaban J connectivity index is 1.50. The van der Waals surface area contributed by atoms with Crippen LogP contribution in [0.15, 0.2) is 94.0 Å². The number of allylic oxidation sites excluding steroid dienone is 5. The zero-order chi connectivity index (χ0) is 21.9. The Morgan fingerprint density at radius 1 is 0.938 bits per heavy atom. The zero-order valence-electron chi connectivity index (χ0n) is 18.7. The van der Waals surface area contributed by atoms with E-state index in [9.17, 15) is 0 Å². The first kappa shape index (κ1) is 20.4. The van der Waals surface area contributed by atoms with Gasteiger partial charge in [0.1, 0.15) is 12.0 Å². The minimum atomic E-state index is -0.0838. The third kappa shape index (κ3) is 4.40. The summed E-state index contributed by atoms with van der Waals surface area (Å²) in [5.41, 5.74) is 7.83. The number of aliphatic imine (C=N–C) groups is 2. The lowest BCUT2D eigenvalue weighted by molar-refractivity contribution is 0.677. The van der Waals surface area contributed by atoms with Gasteiger partial charge in [-0.1, -0.05) is 60.7 Å². The maximum Gasteiger partial charge on any atom is 0.159 e. The molecule has 0 fully saturated rings. The van der Waals surface area contributed by atoms with Crippen molar-refractivity contribution in [2.75, 3.05) is 0 Å². The van der Waals surface area contributed by atoms with E-state index in [1.165, 1.54) is 11.1 Å². The van der Waals surface area contributed by atoms with Crippen LogP contribution in [-0.4, -0.2) is 22.8 Å². The third-order valence-corrected chi connectivity index (χ3v) is 5.94. The van der Waals surface area contributed by atoms with Crippen LogP contribution in [0.1, 0.15) is 42.5 Å². The van der Waals surface area contributed by atoms with E-state index in [4.69, 9.17) is 15.0 Å². The predicted molar refractivity (Wildman–Crippen MR) is 133 cm³/mol. The van der Waals surface area contributed by atoms with Gasteiger partial charge in [-0.2, -0.15) is 0 Å². The average molecular weight is 421 g/mol. The van der Waals surface area contributed by atoms with Gasteiger partial charge in [-0.05, 0) is 62.8 Å². The van der Waals surface area contributed by atoms with Crippen molar-refractivity contribution in [2.24, 2.45) is 9.98 Å². The number of aromatic nitrogens is 1. The lowest BCUT2D eigenvalue weighted by atomic mass is 10.00. The van der Waals surface area contributed by atoms with E-state index in [0.717, 1.165) is 65.4 Å². The fourth-order valence-corrected chi connectivity index (χ4v) is 4.33. The van der Waals surface area contributed by atoms with Crippen molar-refractivity contribution < 1.29 is 0 Å². The van der Waals surface area contributed by atoms with Gasteiger partial charge in [0.05, 0.1) is 5.69 Å². The van der Waals surface area contributed by atoms with E-state index in [-0.39, 0.29) is 6.17 Å². The van der Waals surface area contributed by atoms with Crippen molar-refractivity contribution in [1.82, 2.24) is 10.3 Å². The quantitative estimate of drug-likeness (QED) is 0.660. The number of rotatable bonds is 4. The molecule has 2 heterocycles. The summed E-state index contributed by atoms with van der Waals surface area (Å²) in [6.45, 7) is 4.14. The lowest BCUT2D eigenvalue weighted by Crippen LogP contribution is -2.40. The summed E-state index contributed by atoms with van der Waals surface area (Å²) in [7, 11) is 0. The Labute approximate surface area is 189 Å². The average Bonchev–Trinajstić information content (AvgIpc) is 2.84. The van der Waals surface area contributed by atoms with Gasteiger partial charge >= 0.3 is 0 Å². The lowest BCUT2D eigenvalue weighted by Gasteiger charge is -2.26. The fourth-order valence-electron chi connectivity index (χ4n) is 4.33. The van der Waals surface area contributed by atoms with Gasteiger partial charge in [0.2, 0.25) is 0 Å². The van der Waals surface area contributed by atoms with Crippen molar-refractivity contribution in [3.8, 4) is 11.3 Å². The molecule has 0 saturated carbocycles. The van der Waals surface area contributed by atoms with E-state index in [1.54, 1.807) is 0 Å². The summed E-state index contributed by atoms with van der Waals surface area (Å²) in [6.07, 6.45) is 17.3. The van der Waals surface area contributed by atoms with Crippen molar-refractivity contribution in [3.05, 3.63) is 101 Å². The maximum atomic E-state index is 5.00. The third-order valence-electron chi connectivity index (χ3n) is 5.94. The summed E-state index contributed by atoms with van der Waals surface area (Å²) < 4.78 is 0. The van der Waals surface area contributed by atoms with Crippen LogP contribution in [0.25, 0.3) is 11.3 Å². The topological polar surface area (TPSA) is 49.6 Å². The smallest absolute Gasteiger partial charge is 0.159 e. The molecule has 160 valence electrons. The molecule has 0 radical (unpaired) electrons. The van der Waals surface area contributed by atoms with Crippen LogP contribution in [0.3, 0.4) is 0 Å². The summed E-state index contributed by atoms with van der Waals surface area (Å²) in [4.78, 5) is 14.6. The summed E-state index contributed by atoms with van der Waals surface area (Å²) in [5, 5.41) is 3.57. The Hall–Kier alpha value is -3.53. The van der Waals surface area contributed by atoms with Crippen molar-refractivity contribution >= 4 is 11.7 Å². The molecule has 2 aliphatic carbocycles. The van der Waals surface area contributed by atoms with Gasteiger partial charge in [0.15, 0.2) is 5.84 Å². The highest BCUT2D eigenvalue weighted by atomic mass is 15.2. The van der Waals surface area contributed by atoms with Crippen LogP contribution >= 0.6 is 0 Å². The fraction of sp³-hybridized carbons (Fsp3) is 0.250. The first-order valence-electron chi connectivity index (χ1n) is 11.4. The number of hydrogen-bond donors (Lipinski definition) is 1. The second kappa shape index (κ2) is 8.91. The van der Waals surface area contributed by atoms with Gasteiger partial charge in [0.25, 0.3) is 0 Å². The number of hydrogen-bond acceptors (Lipinski definition) is 4. The van der Waals surface area contributed by atoms with Gasteiger partial charge in [-0.3, -0.25) is 4.98 Å². The summed E-state index contributed by atoms with van der Waals surface area (Å²) >= 11 is 0. The molecule has 1 atom stereocenters. The predicted octanol–water partition coefficient (Wildman–Crippen LogP) is 5.99. The number of nitrogens with zero attached hydrogens (tertiary/aromatic N) is 3. The SMILES string of the molecule is Cc1cc(C)nc(-c2ccc(C3=NC(C4=CC=CCC4)NC(C4=CCCC=C4)=N3)cc2)c1. The number of nitrogens with one attached hydrogen (secondary N) is 1. The monoisotopic (exact) mass is 420 g/mol. The van der Waals surface area contributed by atoms with Gasteiger partial charge in [0, 0.05) is 22.4 Å². The molecule has 5 rings (SSSR count). The molecule has 4 heteroatoms. The van der Waals surface area contributed by atoms with Crippen LogP contribution in [0.2, 0.25) is 0 Å². The molecule has 1 aromatic heterocycles. The Morgan fingerprint density at radius 2 is 1.78 bits per heavy atom. The number of aryl methyl sites for hydroxylation is 2. The normalized spacial score (nSPS) is 20.1. The largest absolute Gasteiger partial charge is 0.344 e. The molecule has 3 aliphatic rings. The second-order valence-electron chi connectivity index (χ2n) is 8.56. The number of amidine groups is 2. The van der Waals surface area contributed by atoms with E-state index in [0.29, 0.717) is 0 Å². The molecule has 4 nitrogen and oxygen atoms in total. The van der Waals surface area contributed by atoms with Crippen molar-refractivity contribution in [2.45, 2.75) is 45.7 Å². The van der Waals surface area contributed by atoms with E-state index in [1.807, 2.05) is 6.92 Å². The first-order chi connectivity index (χ1) is 15.7. The molecule has 1 aromatic carbocycles. The molecular weight excluding hydrogens is 392 g/mol. The van der Waals surface area contributed by atoms with Gasteiger partial charge in [-0.25, -0.2) is 9.98 Å². The summed E-state index contributed by atoms with van der Waals surface area (Å²) in [6, 6.07) is 12.7. The van der Waals surface area contributed by atoms with Gasteiger partial charge in [-0.15, -0.1) is 0 Å². The standard InChI is InChI=1S/C28H28N4/c1-19-17-20(2)29-25(18-19)21-13-15-24(16-14-21)28-31-26(22-9-5-3-6-10-22)30-27(32-28)23-11-7-4-8-12-23/h3,5,7,9,11-18,26H,4,6,8,10H2,1-2H3,(H,30,31,32). The van der Waals surface area contributed by atoms with Crippen molar-refractivity contribution in [1.29, 1.82) is 0 Å². The van der Waals surface area contributed by atoms with Crippen LogP contribution in [-0.2, 0) is 0 Å². The highest BCUT2D eigenvalue weighted by Gasteiger charge is 2.23. The highest BCUT2D eigenvalue weighted by Crippen LogP contribution is 2.24. The minimum Gasteiger partial charge on any atom is -0.344 e. The highest BCUT2D eigenvalue weighted by molar-refractivity contribution is 6.14. The van der Waals surface area contributed by atoms with Crippen LogP contribution in [0, 0.1) is 13.8 Å². The molecule has 1 unspecified atom stereocenters. The molecule has 32 heavy (non-hydrogen) atoms. The van der Waals surface area contributed by atoms with E-state index in [2.05, 4.69) is 85.1 Å². The maximum absolute atomic E-state index is 5.00. The number of pyridine rings is 1. The molecule has 0 spiro atoms. The second-order valence-corrected chi connectivity index (χ2v) is 8.56. The molecular formula is C28H28N4. The van der Waals surface area contributed by atoms with Crippen molar-refractivity contribution in [3.63, 3.8) is 0 Å². The molecule has 0 saturated heterocycles. The first-order valence-corrected chi connectivity index (χ1v) is 11.4. The molecule has 0 amide bonds. The Kier molecular flexibility index (Phi) is 5.68. The van der Waals surface area contributed by atoms with Gasteiger partial charge < -0.3 is 5.32 Å². The minimum absolute atomic E-state index is 0.0838. The molecule has 0 bridgehead atoms. The molecule has 2 aromatic rings. The van der Waals surface area contributed by atoms with E-state index >= 15 is 0 Å². The van der Waals surface area contributed by atoms with Crippen LogP contribution in [0.4, 0.5) is 0 Å². The Bertz CT molecular complexity index is 1190. The number of benzene rings is 1. The molecule has 1 aliphatic heterocycles. The van der Waals surface area contributed by atoms with E-state index < -0.39 is 0 Å². The van der Waals surface area contributed by atoms with Crippen LogP contribution in [0.5, 0.6) is 0 Å². The van der Waals surface area contributed by atoms with Crippen LogP contribution < -0.4 is 5.32 Å².